The summed E-state index contributed by atoms with van der Waals surface area (Å²) in [6.07, 6.45) is 1.54. The molecule has 2 rings (SSSR count). The van der Waals surface area contributed by atoms with Crippen molar-refractivity contribution in [3.63, 3.8) is 0 Å². The molecular weight excluding hydrogens is 276 g/mol. The van der Waals surface area contributed by atoms with E-state index in [1.54, 1.807) is 24.0 Å². The number of nitro groups is 1. The molecule has 0 aliphatic heterocycles. The van der Waals surface area contributed by atoms with Crippen LogP contribution in [0.5, 0.6) is 0 Å². The SMILES string of the molecule is Cn1cnnc1-c1cc(Br)cc([N+](=O)[O-])c1. The van der Waals surface area contributed by atoms with Crippen molar-refractivity contribution in [2.75, 3.05) is 0 Å². The lowest BCUT2D eigenvalue weighted by Gasteiger charge is -2.01. The highest BCUT2D eigenvalue weighted by Gasteiger charge is 2.12. The number of aryl methyl sites for hydroxylation is 1. The monoisotopic (exact) mass is 282 g/mol. The van der Waals surface area contributed by atoms with E-state index in [-0.39, 0.29) is 5.69 Å². The first kappa shape index (κ1) is 10.7. The Balaban J connectivity index is 2.58. The van der Waals surface area contributed by atoms with Crippen LogP contribution >= 0.6 is 15.9 Å². The first-order valence-electron chi connectivity index (χ1n) is 4.37. The highest BCUT2D eigenvalue weighted by atomic mass is 79.9. The number of aromatic nitrogens is 3. The second-order valence-electron chi connectivity index (χ2n) is 3.22. The molecular formula is C9H7BrN4O2. The smallest absolute Gasteiger partial charge is 0.271 e. The van der Waals surface area contributed by atoms with Crippen molar-refractivity contribution < 1.29 is 4.92 Å². The van der Waals surface area contributed by atoms with Crippen molar-refractivity contribution in [3.8, 4) is 11.4 Å². The van der Waals surface area contributed by atoms with Crippen LogP contribution in [-0.4, -0.2) is 19.7 Å². The number of hydrogen-bond donors (Lipinski definition) is 0. The standard InChI is InChI=1S/C9H7BrN4O2/c1-13-5-11-12-9(13)6-2-7(10)4-8(3-6)14(15)16/h2-5H,1H3. The molecule has 0 aliphatic rings. The molecule has 1 aromatic heterocycles. The van der Waals surface area contributed by atoms with Crippen LogP contribution in [0.2, 0.25) is 0 Å². The summed E-state index contributed by atoms with van der Waals surface area (Å²) in [6, 6.07) is 4.67. The van der Waals surface area contributed by atoms with Crippen LogP contribution in [0.4, 0.5) is 5.69 Å². The molecule has 0 unspecified atom stereocenters. The number of nitrogens with zero attached hydrogens (tertiary/aromatic N) is 4. The maximum absolute atomic E-state index is 10.7. The van der Waals surface area contributed by atoms with Gasteiger partial charge in [0.25, 0.3) is 5.69 Å². The molecule has 7 heteroatoms. The van der Waals surface area contributed by atoms with Gasteiger partial charge in [-0.2, -0.15) is 0 Å². The van der Waals surface area contributed by atoms with Crippen LogP contribution in [0.15, 0.2) is 29.0 Å². The average Bonchev–Trinajstić information content (AvgIpc) is 2.63. The maximum atomic E-state index is 10.7. The number of halogens is 1. The Hall–Kier alpha value is -1.76. The van der Waals surface area contributed by atoms with Gasteiger partial charge in [-0.25, -0.2) is 0 Å². The molecule has 0 atom stereocenters. The van der Waals surface area contributed by atoms with Gasteiger partial charge in [-0.05, 0) is 6.07 Å². The van der Waals surface area contributed by atoms with Crippen LogP contribution in [0, 0.1) is 10.1 Å². The Morgan fingerprint density at radius 3 is 2.75 bits per heavy atom. The van der Waals surface area contributed by atoms with E-state index in [9.17, 15) is 10.1 Å². The van der Waals surface area contributed by atoms with Crippen LogP contribution in [0.3, 0.4) is 0 Å². The first-order chi connectivity index (χ1) is 7.58. The molecule has 1 heterocycles. The molecule has 0 bridgehead atoms. The number of non-ortho nitro benzene ring substituents is 1. The minimum absolute atomic E-state index is 0.0207. The molecule has 0 saturated heterocycles. The quantitative estimate of drug-likeness (QED) is 0.625. The molecule has 82 valence electrons. The van der Waals surface area contributed by atoms with Gasteiger partial charge in [0.05, 0.1) is 4.92 Å². The van der Waals surface area contributed by atoms with E-state index >= 15 is 0 Å². The number of nitro benzene ring substituents is 1. The van der Waals surface area contributed by atoms with Crippen molar-refractivity contribution in [1.82, 2.24) is 14.8 Å². The van der Waals surface area contributed by atoms with E-state index in [2.05, 4.69) is 26.1 Å². The van der Waals surface area contributed by atoms with E-state index < -0.39 is 4.92 Å². The summed E-state index contributed by atoms with van der Waals surface area (Å²) in [5.41, 5.74) is 0.674. The molecule has 2 aromatic rings. The summed E-state index contributed by atoms with van der Waals surface area (Å²) in [7, 11) is 1.78. The summed E-state index contributed by atoms with van der Waals surface area (Å²) in [5.74, 6) is 0.587. The lowest BCUT2D eigenvalue weighted by atomic mass is 10.2. The van der Waals surface area contributed by atoms with E-state index in [1.165, 1.54) is 12.1 Å². The molecule has 6 nitrogen and oxygen atoms in total. The molecule has 16 heavy (non-hydrogen) atoms. The number of hydrogen-bond acceptors (Lipinski definition) is 4. The van der Waals surface area contributed by atoms with Gasteiger partial charge in [0.2, 0.25) is 0 Å². The second kappa shape index (κ2) is 4.01. The summed E-state index contributed by atoms with van der Waals surface area (Å²) < 4.78 is 2.34. The predicted octanol–water partition coefficient (Wildman–Crippen LogP) is 2.15. The van der Waals surface area contributed by atoms with Gasteiger partial charge < -0.3 is 4.57 Å². The molecule has 0 spiro atoms. The van der Waals surface area contributed by atoms with Crippen molar-refractivity contribution in [2.24, 2.45) is 7.05 Å². The zero-order chi connectivity index (χ0) is 11.7. The third-order valence-corrected chi connectivity index (χ3v) is 2.52. The lowest BCUT2D eigenvalue weighted by molar-refractivity contribution is -0.384. The molecule has 0 saturated carbocycles. The topological polar surface area (TPSA) is 73.8 Å². The largest absolute Gasteiger partial charge is 0.317 e. The normalized spacial score (nSPS) is 10.4. The number of benzene rings is 1. The van der Waals surface area contributed by atoms with E-state index in [0.29, 0.717) is 15.9 Å². The van der Waals surface area contributed by atoms with Crippen molar-refractivity contribution in [2.45, 2.75) is 0 Å². The Labute approximate surface area is 99.2 Å². The van der Waals surface area contributed by atoms with Gasteiger partial charge in [-0.1, -0.05) is 15.9 Å². The van der Waals surface area contributed by atoms with Crippen LogP contribution in [0.25, 0.3) is 11.4 Å². The van der Waals surface area contributed by atoms with Crippen molar-refractivity contribution in [1.29, 1.82) is 0 Å². The third kappa shape index (κ3) is 1.94. The minimum atomic E-state index is -0.440. The van der Waals surface area contributed by atoms with Crippen molar-refractivity contribution >= 4 is 21.6 Å². The highest BCUT2D eigenvalue weighted by molar-refractivity contribution is 9.10. The summed E-state index contributed by atoms with van der Waals surface area (Å²) in [6.45, 7) is 0. The van der Waals surface area contributed by atoms with E-state index in [0.717, 1.165) is 0 Å². The lowest BCUT2D eigenvalue weighted by Crippen LogP contribution is -1.93. The fourth-order valence-electron chi connectivity index (χ4n) is 1.35. The molecule has 0 amide bonds. The van der Waals surface area contributed by atoms with E-state index in [1.807, 2.05) is 0 Å². The van der Waals surface area contributed by atoms with Crippen LogP contribution < -0.4 is 0 Å². The zero-order valence-corrected chi connectivity index (χ0v) is 9.88. The fraction of sp³-hybridized carbons (Fsp3) is 0.111. The minimum Gasteiger partial charge on any atom is -0.317 e. The van der Waals surface area contributed by atoms with Gasteiger partial charge >= 0.3 is 0 Å². The Morgan fingerprint density at radius 2 is 2.19 bits per heavy atom. The van der Waals surface area contributed by atoms with Crippen molar-refractivity contribution in [3.05, 3.63) is 39.1 Å². The zero-order valence-electron chi connectivity index (χ0n) is 8.29. The fourth-order valence-corrected chi connectivity index (χ4v) is 1.83. The molecule has 0 N–H and O–H groups in total. The Bertz CT molecular complexity index is 552. The maximum Gasteiger partial charge on any atom is 0.271 e. The summed E-state index contributed by atoms with van der Waals surface area (Å²) >= 11 is 3.23. The van der Waals surface area contributed by atoms with Gasteiger partial charge in [0, 0.05) is 29.2 Å². The van der Waals surface area contributed by atoms with Crippen LogP contribution in [0.1, 0.15) is 0 Å². The Kier molecular flexibility index (Phi) is 2.69. The van der Waals surface area contributed by atoms with Gasteiger partial charge in [-0.15, -0.1) is 10.2 Å². The summed E-state index contributed by atoms with van der Waals surface area (Å²) in [5, 5.41) is 18.3. The van der Waals surface area contributed by atoms with Gasteiger partial charge in [0.15, 0.2) is 5.82 Å². The molecule has 1 aromatic carbocycles. The molecule has 0 aliphatic carbocycles. The second-order valence-corrected chi connectivity index (χ2v) is 4.14. The highest BCUT2D eigenvalue weighted by Crippen LogP contribution is 2.26. The van der Waals surface area contributed by atoms with Gasteiger partial charge in [-0.3, -0.25) is 10.1 Å². The number of rotatable bonds is 2. The molecule has 0 fully saturated rings. The Morgan fingerprint density at radius 1 is 1.44 bits per heavy atom. The molecule has 0 radical (unpaired) electrons. The first-order valence-corrected chi connectivity index (χ1v) is 5.16. The summed E-state index contributed by atoms with van der Waals surface area (Å²) in [4.78, 5) is 10.3. The average molecular weight is 283 g/mol. The van der Waals surface area contributed by atoms with Crippen LogP contribution in [-0.2, 0) is 7.05 Å². The third-order valence-electron chi connectivity index (χ3n) is 2.06. The predicted molar refractivity (Wildman–Crippen MR) is 60.8 cm³/mol. The van der Waals surface area contributed by atoms with Gasteiger partial charge in [0.1, 0.15) is 6.33 Å². The van der Waals surface area contributed by atoms with E-state index in [4.69, 9.17) is 0 Å².